The van der Waals surface area contributed by atoms with Gasteiger partial charge in [0.1, 0.15) is 0 Å². The molecule has 13 N–H and O–H groups in total. The van der Waals surface area contributed by atoms with E-state index in [-0.39, 0.29) is 32.9 Å². The van der Waals surface area contributed by atoms with E-state index in [2.05, 4.69) is 5.32 Å². The van der Waals surface area contributed by atoms with E-state index in [1.54, 1.807) is 0 Å². The molecule has 1 heterocycles. The minimum atomic E-state index is 0. The summed E-state index contributed by atoms with van der Waals surface area (Å²) in [5.41, 5.74) is 0. The van der Waals surface area contributed by atoms with Crippen molar-refractivity contribution < 1.29 is 32.9 Å². The fourth-order valence-corrected chi connectivity index (χ4v) is 0.802. The minimum absolute atomic E-state index is 0. The molecule has 1 saturated heterocycles. The van der Waals surface area contributed by atoms with Crippen molar-refractivity contribution in [1.29, 1.82) is 0 Å². The van der Waals surface area contributed by atoms with Crippen LogP contribution in [0, 0.1) is 0 Å². The summed E-state index contributed by atoms with van der Waals surface area (Å²) < 4.78 is 0. The topological polar surface area (TPSA) is 201 Å². The van der Waals surface area contributed by atoms with Crippen LogP contribution in [0.15, 0.2) is 0 Å². The Kier molecular flexibility index (Phi) is 106. The van der Waals surface area contributed by atoms with Gasteiger partial charge in [-0.2, -0.15) is 0 Å². The van der Waals surface area contributed by atoms with Crippen molar-refractivity contribution >= 4 is 0 Å². The van der Waals surface area contributed by atoms with E-state index in [1.807, 2.05) is 0 Å². The smallest absolute Gasteiger partial charge is 0.00489 e. The molecule has 7 heteroatoms. The standard InChI is InChI=1S/C5H11N.6H2O/c1-2-4-6-5-3-1;;;;;;/h6H,1-5H2;6*1H2. The fraction of sp³-hybridized carbons (Fsp3) is 1.00. The molecule has 0 atom stereocenters. The zero-order chi connectivity index (χ0) is 4.24. The molecule has 0 spiro atoms. The summed E-state index contributed by atoms with van der Waals surface area (Å²) in [6, 6.07) is 0. The molecule has 1 aliphatic rings. The van der Waals surface area contributed by atoms with E-state index >= 15 is 0 Å². The Balaban J connectivity index is -0.0000000150. The second kappa shape index (κ2) is 31.0. The van der Waals surface area contributed by atoms with Crippen molar-refractivity contribution in [3.05, 3.63) is 0 Å². The summed E-state index contributed by atoms with van der Waals surface area (Å²) in [5.74, 6) is 0. The van der Waals surface area contributed by atoms with Crippen LogP contribution >= 0.6 is 0 Å². The molecule has 1 rings (SSSR count). The molecular formula is C5H23NO6. The lowest BCUT2D eigenvalue weighted by molar-refractivity contribution is 0.520. The number of rotatable bonds is 0. The first-order valence-electron chi connectivity index (χ1n) is 2.71. The predicted octanol–water partition coefficient (Wildman–Crippen LogP) is -4.19. The molecule has 12 heavy (non-hydrogen) atoms. The van der Waals surface area contributed by atoms with Crippen LogP contribution in [-0.2, 0) is 0 Å². The molecule has 0 saturated carbocycles. The van der Waals surface area contributed by atoms with Gasteiger partial charge in [0.05, 0.1) is 0 Å². The quantitative estimate of drug-likeness (QED) is 0.399. The van der Waals surface area contributed by atoms with Crippen LogP contribution in [-0.4, -0.2) is 45.9 Å². The summed E-state index contributed by atoms with van der Waals surface area (Å²) in [6.45, 7) is 2.50. The van der Waals surface area contributed by atoms with Gasteiger partial charge in [0, 0.05) is 0 Å². The van der Waals surface area contributed by atoms with Crippen molar-refractivity contribution in [2.75, 3.05) is 13.1 Å². The van der Waals surface area contributed by atoms with E-state index in [0.29, 0.717) is 0 Å². The lowest BCUT2D eigenvalue weighted by atomic mass is 10.2. The molecule has 0 aliphatic carbocycles. The predicted molar refractivity (Wildman–Crippen MR) is 48.4 cm³/mol. The van der Waals surface area contributed by atoms with Gasteiger partial charge < -0.3 is 38.2 Å². The molecule has 0 radical (unpaired) electrons. The van der Waals surface area contributed by atoms with Gasteiger partial charge >= 0.3 is 0 Å². The third-order valence-electron chi connectivity index (χ3n) is 1.21. The van der Waals surface area contributed by atoms with Crippen LogP contribution in [0.2, 0.25) is 0 Å². The maximum absolute atomic E-state index is 3.28. The second-order valence-electron chi connectivity index (χ2n) is 1.81. The lowest BCUT2D eigenvalue weighted by Crippen LogP contribution is -2.21. The van der Waals surface area contributed by atoms with Crippen LogP contribution < -0.4 is 5.32 Å². The molecule has 0 aromatic rings. The Labute approximate surface area is 71.6 Å². The Hall–Kier alpha value is -0.280. The van der Waals surface area contributed by atoms with E-state index in [9.17, 15) is 0 Å². The van der Waals surface area contributed by atoms with Crippen molar-refractivity contribution in [2.24, 2.45) is 0 Å². The van der Waals surface area contributed by atoms with E-state index < -0.39 is 0 Å². The SMILES string of the molecule is C1CCNCC1.O.O.O.O.O.O. The molecular weight excluding hydrogens is 170 g/mol. The Morgan fingerprint density at radius 1 is 0.500 bits per heavy atom. The molecule has 0 aromatic heterocycles. The van der Waals surface area contributed by atoms with E-state index in [4.69, 9.17) is 0 Å². The summed E-state index contributed by atoms with van der Waals surface area (Å²) in [6.07, 6.45) is 4.22. The fourth-order valence-electron chi connectivity index (χ4n) is 0.802. The highest BCUT2D eigenvalue weighted by Crippen LogP contribution is 1.96. The maximum atomic E-state index is 3.28. The largest absolute Gasteiger partial charge is 0.412 e. The van der Waals surface area contributed by atoms with Gasteiger partial charge in [0.25, 0.3) is 0 Å². The first-order chi connectivity index (χ1) is 3.00. The summed E-state index contributed by atoms with van der Waals surface area (Å²) in [4.78, 5) is 0. The molecule has 0 amide bonds. The van der Waals surface area contributed by atoms with Gasteiger partial charge in [-0.25, -0.2) is 0 Å². The highest BCUT2D eigenvalue weighted by atomic mass is 16.0. The number of piperidine rings is 1. The number of hydrogen-bond donors (Lipinski definition) is 1. The second-order valence-corrected chi connectivity index (χ2v) is 1.81. The van der Waals surface area contributed by atoms with E-state index in [1.165, 1.54) is 32.4 Å². The average Bonchev–Trinajstić information content (AvgIpc) is 1.72. The van der Waals surface area contributed by atoms with Crippen molar-refractivity contribution in [3.63, 3.8) is 0 Å². The number of nitrogens with one attached hydrogen (secondary N) is 1. The average molecular weight is 193 g/mol. The molecule has 7 nitrogen and oxygen atoms in total. The molecule has 0 unspecified atom stereocenters. The molecule has 84 valence electrons. The Morgan fingerprint density at radius 2 is 0.833 bits per heavy atom. The van der Waals surface area contributed by atoms with Crippen molar-refractivity contribution in [3.8, 4) is 0 Å². The van der Waals surface area contributed by atoms with Gasteiger partial charge in [0.2, 0.25) is 0 Å². The van der Waals surface area contributed by atoms with Crippen LogP contribution in [0.1, 0.15) is 19.3 Å². The maximum Gasteiger partial charge on any atom is -0.00489 e. The van der Waals surface area contributed by atoms with Crippen LogP contribution in [0.25, 0.3) is 0 Å². The van der Waals surface area contributed by atoms with Gasteiger partial charge in [-0.1, -0.05) is 6.42 Å². The molecule has 0 bridgehead atoms. The normalized spacial score (nSPS) is 12.0. The molecule has 1 aliphatic heterocycles. The van der Waals surface area contributed by atoms with Gasteiger partial charge in [-0.05, 0) is 25.9 Å². The third kappa shape index (κ3) is 22.6. The lowest BCUT2D eigenvalue weighted by Gasteiger charge is -2.08. The summed E-state index contributed by atoms with van der Waals surface area (Å²) in [5, 5.41) is 3.28. The minimum Gasteiger partial charge on any atom is -0.412 e. The van der Waals surface area contributed by atoms with Crippen molar-refractivity contribution in [2.45, 2.75) is 19.3 Å². The molecule has 1 fully saturated rings. The van der Waals surface area contributed by atoms with Crippen LogP contribution in [0.4, 0.5) is 0 Å². The first-order valence-corrected chi connectivity index (χ1v) is 2.71. The summed E-state index contributed by atoms with van der Waals surface area (Å²) >= 11 is 0. The number of hydrogen-bond acceptors (Lipinski definition) is 1. The zero-order valence-electron chi connectivity index (χ0n) is 7.04. The third-order valence-corrected chi connectivity index (χ3v) is 1.21. The molecule has 0 aromatic carbocycles. The first kappa shape index (κ1) is 41.2. The van der Waals surface area contributed by atoms with Crippen LogP contribution in [0.3, 0.4) is 0 Å². The zero-order valence-corrected chi connectivity index (χ0v) is 7.04. The highest BCUT2D eigenvalue weighted by molar-refractivity contribution is 4.55. The monoisotopic (exact) mass is 193 g/mol. The van der Waals surface area contributed by atoms with Crippen molar-refractivity contribution in [1.82, 2.24) is 5.32 Å². The van der Waals surface area contributed by atoms with Gasteiger partial charge in [-0.3, -0.25) is 0 Å². The van der Waals surface area contributed by atoms with Crippen LogP contribution in [0.5, 0.6) is 0 Å². The summed E-state index contributed by atoms with van der Waals surface area (Å²) in [7, 11) is 0. The Morgan fingerprint density at radius 3 is 0.917 bits per heavy atom. The van der Waals surface area contributed by atoms with E-state index in [0.717, 1.165) is 0 Å². The highest BCUT2D eigenvalue weighted by Gasteiger charge is 1.93. The van der Waals surface area contributed by atoms with Gasteiger partial charge in [-0.15, -0.1) is 0 Å². The Bertz CT molecular complexity index is 31.4. The van der Waals surface area contributed by atoms with Gasteiger partial charge in [0.15, 0.2) is 0 Å².